The van der Waals surface area contributed by atoms with Crippen LogP contribution < -0.4 is 0 Å². The minimum absolute atomic E-state index is 0.367. The van der Waals surface area contributed by atoms with E-state index in [1.807, 2.05) is 0 Å². The van der Waals surface area contributed by atoms with Crippen molar-refractivity contribution in [3.8, 4) is 0 Å². The summed E-state index contributed by atoms with van der Waals surface area (Å²) < 4.78 is 0. The lowest BCUT2D eigenvalue weighted by atomic mass is 9.71. The Bertz CT molecular complexity index is 519. The van der Waals surface area contributed by atoms with Crippen LogP contribution in [0.5, 0.6) is 0 Å². The van der Waals surface area contributed by atoms with E-state index in [1.54, 1.807) is 0 Å². The molecule has 0 spiro atoms. The maximum atomic E-state index is 6.45. The van der Waals surface area contributed by atoms with Crippen LogP contribution in [0.4, 0.5) is 0 Å². The van der Waals surface area contributed by atoms with Gasteiger partial charge >= 0.3 is 0 Å². The fraction of sp³-hybridized carbons (Fsp3) is 0.429. The highest BCUT2D eigenvalue weighted by molar-refractivity contribution is 6.20. The predicted molar refractivity (Wildman–Crippen MR) is 95.5 cm³/mol. The summed E-state index contributed by atoms with van der Waals surface area (Å²) in [5, 5.41) is 0.369. The zero-order chi connectivity index (χ0) is 15.3. The van der Waals surface area contributed by atoms with Crippen molar-refractivity contribution in [3.63, 3.8) is 0 Å². The summed E-state index contributed by atoms with van der Waals surface area (Å²) in [5.41, 5.74) is 3.30. The minimum Gasteiger partial charge on any atom is -0.123 e. The summed E-state index contributed by atoms with van der Waals surface area (Å²) in [7, 11) is 0. The molecule has 1 unspecified atom stereocenters. The Morgan fingerprint density at radius 3 is 1.86 bits per heavy atom. The van der Waals surface area contributed by atoms with Gasteiger partial charge in [-0.2, -0.15) is 0 Å². The first-order chi connectivity index (χ1) is 10.8. The lowest BCUT2D eigenvalue weighted by Gasteiger charge is -2.33. The predicted octanol–water partition coefficient (Wildman–Crippen LogP) is 6.03. The summed E-state index contributed by atoms with van der Waals surface area (Å²) in [6, 6.07) is 21.9. The van der Waals surface area contributed by atoms with Crippen LogP contribution in [0.1, 0.15) is 43.2 Å². The molecule has 2 aromatic carbocycles. The molecule has 1 aliphatic carbocycles. The van der Waals surface area contributed by atoms with Gasteiger partial charge in [0.05, 0.1) is 0 Å². The molecule has 1 aliphatic rings. The van der Waals surface area contributed by atoms with Crippen LogP contribution in [-0.2, 0) is 12.8 Å². The molecule has 0 nitrogen and oxygen atoms in total. The van der Waals surface area contributed by atoms with Gasteiger partial charge in [-0.1, -0.05) is 67.1 Å². The topological polar surface area (TPSA) is 0 Å². The highest BCUT2D eigenvalue weighted by atomic mass is 35.5. The van der Waals surface area contributed by atoms with E-state index < -0.39 is 0 Å². The van der Waals surface area contributed by atoms with E-state index in [0.29, 0.717) is 10.8 Å². The first-order valence-electron chi connectivity index (χ1n) is 8.48. The van der Waals surface area contributed by atoms with Crippen LogP contribution in [0.2, 0.25) is 0 Å². The monoisotopic (exact) mass is 312 g/mol. The quantitative estimate of drug-likeness (QED) is 0.477. The first-order valence-corrected chi connectivity index (χ1v) is 8.91. The molecule has 22 heavy (non-hydrogen) atoms. The van der Waals surface area contributed by atoms with Crippen molar-refractivity contribution in [1.29, 1.82) is 0 Å². The molecule has 116 valence electrons. The van der Waals surface area contributed by atoms with Gasteiger partial charge in [-0.15, -0.1) is 11.6 Å². The van der Waals surface area contributed by atoms with Crippen molar-refractivity contribution in [2.45, 2.75) is 50.3 Å². The highest BCUT2D eigenvalue weighted by Gasteiger charge is 2.33. The summed E-state index contributed by atoms with van der Waals surface area (Å²) in [6.07, 6.45) is 8.46. The number of hydrogen-bond acceptors (Lipinski definition) is 0. The number of benzene rings is 2. The van der Waals surface area contributed by atoms with Crippen LogP contribution in [0.3, 0.4) is 0 Å². The molecule has 1 heteroatoms. The summed E-state index contributed by atoms with van der Waals surface area (Å²) in [5.74, 6) is 0. The fourth-order valence-corrected chi connectivity index (χ4v) is 4.17. The smallest absolute Gasteiger partial charge is 0.0336 e. The summed E-state index contributed by atoms with van der Waals surface area (Å²) in [6.45, 7) is 0. The van der Waals surface area contributed by atoms with Gasteiger partial charge in [-0.25, -0.2) is 0 Å². The van der Waals surface area contributed by atoms with Crippen LogP contribution >= 0.6 is 11.6 Å². The molecule has 0 saturated heterocycles. The Kier molecular flexibility index (Phi) is 5.20. The van der Waals surface area contributed by atoms with Gasteiger partial charge < -0.3 is 0 Å². The maximum absolute atomic E-state index is 6.45. The zero-order valence-electron chi connectivity index (χ0n) is 13.2. The molecule has 0 aliphatic heterocycles. The van der Waals surface area contributed by atoms with Crippen LogP contribution in [0, 0.1) is 5.41 Å². The van der Waals surface area contributed by atoms with Gasteiger partial charge in [0.25, 0.3) is 0 Å². The summed E-state index contributed by atoms with van der Waals surface area (Å²) >= 11 is 6.45. The van der Waals surface area contributed by atoms with Crippen molar-refractivity contribution in [2.24, 2.45) is 5.41 Å². The van der Waals surface area contributed by atoms with E-state index in [2.05, 4.69) is 60.7 Å². The lowest BCUT2D eigenvalue weighted by Crippen LogP contribution is -2.26. The Balaban J connectivity index is 1.84. The molecule has 2 aromatic rings. The standard InChI is InChI=1S/C21H25Cl/c22-20-12-7-14-21(15-13-20,16-18-8-3-1-4-9-18)17-19-10-5-2-6-11-19/h1-6,8-11,20H,7,12-17H2. The molecule has 3 rings (SSSR count). The SMILES string of the molecule is ClC1CCCC(Cc2ccccc2)(Cc2ccccc2)CC1. The molecule has 0 heterocycles. The molecule has 0 amide bonds. The number of alkyl halides is 1. The second-order valence-corrected chi connectivity index (χ2v) is 7.47. The summed E-state index contributed by atoms with van der Waals surface area (Å²) in [4.78, 5) is 0. The molecule has 0 aromatic heterocycles. The Labute approximate surface area is 139 Å². The van der Waals surface area contributed by atoms with E-state index in [4.69, 9.17) is 11.6 Å². The normalized spacial score (nSPS) is 21.2. The van der Waals surface area contributed by atoms with Gasteiger partial charge in [0.15, 0.2) is 0 Å². The highest BCUT2D eigenvalue weighted by Crippen LogP contribution is 2.42. The maximum Gasteiger partial charge on any atom is 0.0336 e. The van der Waals surface area contributed by atoms with E-state index in [9.17, 15) is 0 Å². The molecule has 0 bridgehead atoms. The minimum atomic E-state index is 0.367. The van der Waals surface area contributed by atoms with Gasteiger partial charge in [0.2, 0.25) is 0 Å². The molecule has 0 radical (unpaired) electrons. The van der Waals surface area contributed by atoms with Gasteiger partial charge in [-0.05, 0) is 55.1 Å². The van der Waals surface area contributed by atoms with Crippen molar-refractivity contribution < 1.29 is 0 Å². The molecule has 1 atom stereocenters. The second kappa shape index (κ2) is 7.33. The third-order valence-electron chi connectivity index (χ3n) is 5.06. The average Bonchev–Trinajstić information content (AvgIpc) is 2.72. The molecule has 1 saturated carbocycles. The van der Waals surface area contributed by atoms with Crippen LogP contribution in [0.25, 0.3) is 0 Å². The van der Waals surface area contributed by atoms with E-state index >= 15 is 0 Å². The Morgan fingerprint density at radius 2 is 1.32 bits per heavy atom. The number of halogens is 1. The fourth-order valence-electron chi connectivity index (χ4n) is 3.90. The Hall–Kier alpha value is -1.27. The van der Waals surface area contributed by atoms with Crippen molar-refractivity contribution in [1.82, 2.24) is 0 Å². The first kappa shape index (κ1) is 15.6. The number of hydrogen-bond donors (Lipinski definition) is 0. The largest absolute Gasteiger partial charge is 0.123 e. The van der Waals surface area contributed by atoms with E-state index in [0.717, 1.165) is 6.42 Å². The third kappa shape index (κ3) is 4.14. The Morgan fingerprint density at radius 1 is 0.773 bits per heavy atom. The van der Waals surface area contributed by atoms with Crippen molar-refractivity contribution in [3.05, 3.63) is 71.8 Å². The molecule has 0 N–H and O–H groups in total. The molecular weight excluding hydrogens is 288 g/mol. The van der Waals surface area contributed by atoms with Crippen molar-refractivity contribution in [2.75, 3.05) is 0 Å². The van der Waals surface area contributed by atoms with Gasteiger partial charge in [0.1, 0.15) is 0 Å². The number of rotatable bonds is 4. The second-order valence-electron chi connectivity index (χ2n) is 6.85. The average molecular weight is 313 g/mol. The van der Waals surface area contributed by atoms with Gasteiger partial charge in [-0.3, -0.25) is 0 Å². The zero-order valence-corrected chi connectivity index (χ0v) is 13.9. The van der Waals surface area contributed by atoms with Gasteiger partial charge in [0, 0.05) is 5.38 Å². The van der Waals surface area contributed by atoms with Crippen LogP contribution in [0.15, 0.2) is 60.7 Å². The molecular formula is C21H25Cl. The lowest BCUT2D eigenvalue weighted by molar-refractivity contribution is 0.239. The van der Waals surface area contributed by atoms with Crippen molar-refractivity contribution >= 4 is 11.6 Å². The van der Waals surface area contributed by atoms with E-state index in [1.165, 1.54) is 49.7 Å². The van der Waals surface area contributed by atoms with E-state index in [-0.39, 0.29) is 0 Å². The van der Waals surface area contributed by atoms with Crippen LogP contribution in [-0.4, -0.2) is 5.38 Å². The third-order valence-corrected chi connectivity index (χ3v) is 5.49. The molecule has 1 fully saturated rings.